The van der Waals surface area contributed by atoms with Crippen LogP contribution < -0.4 is 10.3 Å². The average Bonchev–Trinajstić information content (AvgIpc) is 2.41. The Hall–Kier alpha value is -2.54. The van der Waals surface area contributed by atoms with Crippen LogP contribution in [-0.4, -0.2) is 11.7 Å². The summed E-state index contributed by atoms with van der Waals surface area (Å²) in [7, 11) is 3.22. The minimum Gasteiger partial charge on any atom is -0.497 e. The monoisotopic (exact) mass is 240 g/mol. The fourth-order valence-corrected chi connectivity index (χ4v) is 2.00. The zero-order valence-corrected chi connectivity index (χ0v) is 10.2. The molecule has 0 saturated carbocycles. The maximum Gasteiger partial charge on any atom is 0.269 e. The van der Waals surface area contributed by atoms with E-state index in [2.05, 4.69) is 6.58 Å². The van der Waals surface area contributed by atoms with E-state index in [1.54, 1.807) is 32.4 Å². The lowest BCUT2D eigenvalue weighted by Gasteiger charge is -2.10. The molecule has 0 N–H and O–H groups in total. The summed E-state index contributed by atoms with van der Waals surface area (Å²) in [6.07, 6.45) is 1.53. The van der Waals surface area contributed by atoms with Gasteiger partial charge in [0.2, 0.25) is 0 Å². The van der Waals surface area contributed by atoms with Crippen LogP contribution in [0.4, 0.5) is 0 Å². The van der Waals surface area contributed by atoms with Crippen molar-refractivity contribution in [1.82, 2.24) is 4.57 Å². The van der Waals surface area contributed by atoms with Crippen molar-refractivity contribution >= 4 is 17.0 Å². The number of methoxy groups -OCH3 is 1. The van der Waals surface area contributed by atoms with Gasteiger partial charge in [-0.25, -0.2) is 0 Å². The van der Waals surface area contributed by atoms with Crippen molar-refractivity contribution in [1.29, 1.82) is 5.26 Å². The summed E-state index contributed by atoms with van der Waals surface area (Å²) >= 11 is 0. The van der Waals surface area contributed by atoms with E-state index in [9.17, 15) is 4.79 Å². The molecule has 4 heteroatoms. The van der Waals surface area contributed by atoms with E-state index in [0.717, 1.165) is 10.9 Å². The van der Waals surface area contributed by atoms with Crippen LogP contribution in [0.2, 0.25) is 0 Å². The molecule has 0 atom stereocenters. The van der Waals surface area contributed by atoms with E-state index in [-0.39, 0.29) is 11.1 Å². The van der Waals surface area contributed by atoms with E-state index in [1.807, 2.05) is 6.07 Å². The number of ether oxygens (including phenoxy) is 1. The van der Waals surface area contributed by atoms with Gasteiger partial charge in [-0.15, -0.1) is 0 Å². The molecule has 90 valence electrons. The van der Waals surface area contributed by atoms with E-state index >= 15 is 0 Å². The minimum atomic E-state index is -0.315. The van der Waals surface area contributed by atoms with Gasteiger partial charge >= 0.3 is 0 Å². The van der Waals surface area contributed by atoms with Gasteiger partial charge in [0.15, 0.2) is 0 Å². The molecular weight excluding hydrogens is 228 g/mol. The van der Waals surface area contributed by atoms with Gasteiger partial charge in [-0.1, -0.05) is 12.7 Å². The number of benzene rings is 1. The van der Waals surface area contributed by atoms with E-state index in [1.165, 1.54) is 10.6 Å². The third-order valence-corrected chi connectivity index (χ3v) is 2.96. The molecule has 0 radical (unpaired) electrons. The van der Waals surface area contributed by atoms with Crippen molar-refractivity contribution in [2.45, 2.75) is 0 Å². The maximum absolute atomic E-state index is 12.0. The number of hydrogen-bond donors (Lipinski definition) is 0. The normalized spacial score (nSPS) is 10.1. The van der Waals surface area contributed by atoms with Gasteiger partial charge in [0.25, 0.3) is 5.56 Å². The van der Waals surface area contributed by atoms with Crippen molar-refractivity contribution < 1.29 is 4.74 Å². The number of pyridine rings is 1. The summed E-state index contributed by atoms with van der Waals surface area (Å²) in [5.41, 5.74) is 1.09. The molecule has 0 aliphatic carbocycles. The Balaban J connectivity index is 3.06. The average molecular weight is 240 g/mol. The zero-order valence-electron chi connectivity index (χ0n) is 10.2. The smallest absolute Gasteiger partial charge is 0.269 e. The topological polar surface area (TPSA) is 55.0 Å². The number of aromatic nitrogens is 1. The number of aryl methyl sites for hydroxylation is 1. The molecule has 2 rings (SSSR count). The lowest BCUT2D eigenvalue weighted by Crippen LogP contribution is -2.21. The molecule has 0 unspecified atom stereocenters. The summed E-state index contributed by atoms with van der Waals surface area (Å²) in [5, 5.41) is 9.88. The Morgan fingerprint density at radius 2 is 2.22 bits per heavy atom. The lowest BCUT2D eigenvalue weighted by atomic mass is 10.0. The van der Waals surface area contributed by atoms with Crippen molar-refractivity contribution in [2.75, 3.05) is 7.11 Å². The van der Waals surface area contributed by atoms with Gasteiger partial charge in [0.05, 0.1) is 12.6 Å². The van der Waals surface area contributed by atoms with E-state index < -0.39 is 0 Å². The van der Waals surface area contributed by atoms with E-state index in [0.29, 0.717) is 11.3 Å². The predicted octanol–water partition coefficient (Wildman–Crippen LogP) is 2.06. The van der Waals surface area contributed by atoms with Gasteiger partial charge in [0.1, 0.15) is 17.4 Å². The SMILES string of the molecule is C=Cc1c(C#N)c(=O)n(C)c2ccc(OC)cc12. The quantitative estimate of drug-likeness (QED) is 0.807. The zero-order chi connectivity index (χ0) is 13.3. The van der Waals surface area contributed by atoms with Crippen molar-refractivity contribution in [3.63, 3.8) is 0 Å². The first-order valence-corrected chi connectivity index (χ1v) is 5.37. The first kappa shape index (κ1) is 11.9. The Morgan fingerprint density at radius 1 is 1.50 bits per heavy atom. The molecular formula is C14H12N2O2. The van der Waals surface area contributed by atoms with Crippen LogP contribution in [0, 0.1) is 11.3 Å². The Labute approximate surface area is 104 Å². The van der Waals surface area contributed by atoms with Crippen molar-refractivity contribution in [3.8, 4) is 11.8 Å². The summed E-state index contributed by atoms with van der Waals surface area (Å²) in [6, 6.07) is 7.31. The number of rotatable bonds is 2. The highest BCUT2D eigenvalue weighted by Crippen LogP contribution is 2.25. The molecule has 1 aromatic heterocycles. The fourth-order valence-electron chi connectivity index (χ4n) is 2.00. The van der Waals surface area contributed by atoms with Crippen LogP contribution in [0.1, 0.15) is 11.1 Å². The molecule has 1 aromatic carbocycles. The third-order valence-electron chi connectivity index (χ3n) is 2.96. The molecule has 0 bridgehead atoms. The van der Waals surface area contributed by atoms with Crippen LogP contribution in [-0.2, 0) is 7.05 Å². The molecule has 18 heavy (non-hydrogen) atoms. The highest BCUT2D eigenvalue weighted by molar-refractivity contribution is 5.91. The number of hydrogen-bond acceptors (Lipinski definition) is 3. The molecule has 0 aliphatic heterocycles. The molecule has 1 heterocycles. The lowest BCUT2D eigenvalue weighted by molar-refractivity contribution is 0.415. The van der Waals surface area contributed by atoms with Crippen molar-refractivity contribution in [2.24, 2.45) is 7.05 Å². The predicted molar refractivity (Wildman–Crippen MR) is 70.5 cm³/mol. The van der Waals surface area contributed by atoms with Crippen LogP contribution in [0.3, 0.4) is 0 Å². The first-order chi connectivity index (χ1) is 8.63. The van der Waals surface area contributed by atoms with E-state index in [4.69, 9.17) is 10.00 Å². The molecule has 0 fully saturated rings. The molecule has 0 amide bonds. The number of nitriles is 1. The summed E-state index contributed by atoms with van der Waals surface area (Å²) in [6.45, 7) is 3.68. The van der Waals surface area contributed by atoms with Crippen LogP contribution >= 0.6 is 0 Å². The van der Waals surface area contributed by atoms with Crippen molar-refractivity contribution in [3.05, 3.63) is 46.3 Å². The van der Waals surface area contributed by atoms with Crippen LogP contribution in [0.5, 0.6) is 5.75 Å². The Morgan fingerprint density at radius 3 is 2.78 bits per heavy atom. The number of nitrogens with zero attached hydrogens (tertiary/aromatic N) is 2. The second-order valence-electron chi connectivity index (χ2n) is 3.85. The largest absolute Gasteiger partial charge is 0.497 e. The molecule has 4 nitrogen and oxygen atoms in total. The van der Waals surface area contributed by atoms with Crippen LogP contribution in [0.15, 0.2) is 29.6 Å². The summed E-state index contributed by atoms with van der Waals surface area (Å²) in [4.78, 5) is 12.0. The fraction of sp³-hybridized carbons (Fsp3) is 0.143. The van der Waals surface area contributed by atoms with Gasteiger partial charge in [-0.2, -0.15) is 5.26 Å². The minimum absolute atomic E-state index is 0.105. The standard InChI is InChI=1S/C14H12N2O2/c1-4-10-11-7-9(18-3)5-6-13(11)16(2)14(17)12(10)8-15/h4-7H,1H2,2-3H3. The molecule has 0 saturated heterocycles. The summed E-state index contributed by atoms with van der Waals surface area (Å²) in [5.74, 6) is 0.674. The molecule has 2 aromatic rings. The third kappa shape index (κ3) is 1.57. The summed E-state index contributed by atoms with van der Waals surface area (Å²) < 4.78 is 6.62. The number of fused-ring (bicyclic) bond motifs is 1. The highest BCUT2D eigenvalue weighted by Gasteiger charge is 2.13. The first-order valence-electron chi connectivity index (χ1n) is 5.37. The maximum atomic E-state index is 12.0. The second-order valence-corrected chi connectivity index (χ2v) is 3.85. The second kappa shape index (κ2) is 4.38. The van der Waals surface area contributed by atoms with Crippen LogP contribution in [0.25, 0.3) is 17.0 Å². The van der Waals surface area contributed by atoms with Gasteiger partial charge in [-0.05, 0) is 18.2 Å². The molecule has 0 aliphatic rings. The molecule has 0 spiro atoms. The van der Waals surface area contributed by atoms with Gasteiger partial charge in [-0.3, -0.25) is 4.79 Å². The Kier molecular flexibility index (Phi) is 2.90. The Bertz CT molecular complexity index is 736. The van der Waals surface area contributed by atoms with Gasteiger partial charge in [0, 0.05) is 18.0 Å². The van der Waals surface area contributed by atoms with Gasteiger partial charge < -0.3 is 9.30 Å². The highest BCUT2D eigenvalue weighted by atomic mass is 16.5.